The number of amides is 1. The predicted molar refractivity (Wildman–Crippen MR) is 134 cm³/mol. The molecule has 3 aliphatic rings. The van der Waals surface area contributed by atoms with E-state index in [0.29, 0.717) is 43.6 Å². The van der Waals surface area contributed by atoms with Crippen molar-refractivity contribution in [2.24, 2.45) is 17.8 Å². The van der Waals surface area contributed by atoms with Gasteiger partial charge in [0.2, 0.25) is 5.91 Å². The van der Waals surface area contributed by atoms with Crippen LogP contribution in [0.1, 0.15) is 62.6 Å². The Morgan fingerprint density at radius 1 is 0.973 bits per heavy atom. The number of aromatic nitrogens is 2. The molecular weight excluding hydrogens is 481 g/mol. The summed E-state index contributed by atoms with van der Waals surface area (Å²) in [5.74, 6) is 1.48. The molecule has 2 aromatic heterocycles. The first kappa shape index (κ1) is 25.9. The molecule has 0 unspecified atom stereocenters. The van der Waals surface area contributed by atoms with Gasteiger partial charge in [-0.15, -0.1) is 0 Å². The fourth-order valence-electron chi connectivity index (χ4n) is 6.36. The molecule has 0 spiro atoms. The molecule has 37 heavy (non-hydrogen) atoms. The van der Waals surface area contributed by atoms with E-state index in [4.69, 9.17) is 0 Å². The van der Waals surface area contributed by atoms with Crippen LogP contribution >= 0.6 is 0 Å². The summed E-state index contributed by atoms with van der Waals surface area (Å²) in [4.78, 5) is 25.6. The highest BCUT2D eigenvalue weighted by atomic mass is 19.4. The summed E-state index contributed by atoms with van der Waals surface area (Å²) in [5, 5.41) is 11.0. The third kappa shape index (κ3) is 5.92. The van der Waals surface area contributed by atoms with Crippen molar-refractivity contribution < 1.29 is 23.1 Å². The van der Waals surface area contributed by atoms with Crippen molar-refractivity contribution in [1.29, 1.82) is 0 Å². The second kappa shape index (κ2) is 10.6. The van der Waals surface area contributed by atoms with E-state index in [1.807, 2.05) is 28.0 Å². The first-order chi connectivity index (χ1) is 17.7. The number of nitrogens with zero attached hydrogens (tertiary/aromatic N) is 4. The molecule has 1 N–H and O–H groups in total. The average Bonchev–Trinajstić information content (AvgIpc) is 3.38. The fourth-order valence-corrected chi connectivity index (χ4v) is 6.36. The number of carbonyl (C=O) groups excluding carboxylic acids is 1. The van der Waals surface area contributed by atoms with Gasteiger partial charge in [-0.05, 0) is 87.5 Å². The Hall–Kier alpha value is -2.68. The molecule has 5 rings (SSSR count). The quantitative estimate of drug-likeness (QED) is 0.604. The average molecular weight is 517 g/mol. The Morgan fingerprint density at radius 2 is 1.73 bits per heavy atom. The number of pyridine rings is 2. The lowest BCUT2D eigenvalue weighted by atomic mass is 9.74. The minimum absolute atomic E-state index is 0.0798. The van der Waals surface area contributed by atoms with Crippen LogP contribution in [-0.4, -0.2) is 52.1 Å². The van der Waals surface area contributed by atoms with Gasteiger partial charge in [-0.3, -0.25) is 9.78 Å². The largest absolute Gasteiger partial charge is 0.416 e. The molecule has 2 saturated heterocycles. The van der Waals surface area contributed by atoms with Crippen LogP contribution in [0, 0.1) is 17.8 Å². The number of hydrogen-bond acceptors (Lipinski definition) is 5. The van der Waals surface area contributed by atoms with Crippen molar-refractivity contribution in [3.8, 4) is 0 Å². The van der Waals surface area contributed by atoms with Crippen molar-refractivity contribution in [3.63, 3.8) is 0 Å². The van der Waals surface area contributed by atoms with Crippen LogP contribution in [0.4, 0.5) is 19.0 Å². The SMILES string of the molecule is O=C(C1CCN(c2cc(C(F)(F)F)ccn2)CC1)N1CC[C@H](CC2CCC(O)(c3ccccn3)CC2)C1. The molecule has 1 aliphatic carbocycles. The molecule has 200 valence electrons. The third-order valence-corrected chi connectivity index (χ3v) is 8.58. The number of likely N-dealkylation sites (tertiary alicyclic amines) is 1. The second-order valence-corrected chi connectivity index (χ2v) is 11.0. The van der Waals surface area contributed by atoms with E-state index in [0.717, 1.165) is 69.4 Å². The first-order valence-corrected chi connectivity index (χ1v) is 13.4. The standard InChI is InChI=1S/C28H35F3N4O2/c29-28(30,31)23-6-13-33-25(18-23)34-15-8-22(9-16-34)26(36)35-14-7-21(19-35)17-20-4-10-27(37,11-5-20)24-3-1-2-12-32-24/h1-3,6,12-13,18,20-22,37H,4-5,7-11,14-17,19H2/t20?,21-,27?/m1/s1. The molecule has 1 amide bonds. The Morgan fingerprint density at radius 3 is 2.41 bits per heavy atom. The van der Waals surface area contributed by atoms with E-state index in [1.165, 1.54) is 6.20 Å². The summed E-state index contributed by atoms with van der Waals surface area (Å²) in [5.41, 5.74) is -0.757. The van der Waals surface area contributed by atoms with Gasteiger partial charge in [-0.2, -0.15) is 13.2 Å². The van der Waals surface area contributed by atoms with Crippen molar-refractivity contribution in [1.82, 2.24) is 14.9 Å². The Labute approximate surface area is 215 Å². The first-order valence-electron chi connectivity index (χ1n) is 13.4. The van der Waals surface area contributed by atoms with Gasteiger partial charge in [0.1, 0.15) is 11.4 Å². The summed E-state index contributed by atoms with van der Waals surface area (Å²) < 4.78 is 39.1. The number of rotatable bonds is 5. The van der Waals surface area contributed by atoms with Gasteiger partial charge in [0.25, 0.3) is 0 Å². The van der Waals surface area contributed by atoms with E-state index >= 15 is 0 Å². The van der Waals surface area contributed by atoms with Crippen LogP contribution in [0.25, 0.3) is 0 Å². The Kier molecular flexibility index (Phi) is 7.43. The summed E-state index contributed by atoms with van der Waals surface area (Å²) in [7, 11) is 0. The Balaban J connectivity index is 1.07. The number of aliphatic hydroxyl groups is 1. The number of piperidine rings is 1. The molecule has 9 heteroatoms. The lowest BCUT2D eigenvalue weighted by Gasteiger charge is -2.36. The maximum absolute atomic E-state index is 13.2. The van der Waals surface area contributed by atoms with Gasteiger partial charge in [0, 0.05) is 44.5 Å². The van der Waals surface area contributed by atoms with Gasteiger partial charge >= 0.3 is 6.18 Å². The molecule has 4 heterocycles. The highest BCUT2D eigenvalue weighted by Crippen LogP contribution is 2.42. The van der Waals surface area contributed by atoms with Crippen LogP contribution < -0.4 is 4.90 Å². The molecule has 2 aliphatic heterocycles. The molecule has 0 aromatic carbocycles. The van der Waals surface area contributed by atoms with E-state index in [2.05, 4.69) is 9.97 Å². The molecular formula is C28H35F3N4O2. The van der Waals surface area contributed by atoms with E-state index in [9.17, 15) is 23.1 Å². The van der Waals surface area contributed by atoms with Gasteiger partial charge < -0.3 is 14.9 Å². The van der Waals surface area contributed by atoms with E-state index in [1.54, 1.807) is 6.20 Å². The maximum Gasteiger partial charge on any atom is 0.416 e. The normalized spacial score (nSPS) is 27.5. The summed E-state index contributed by atoms with van der Waals surface area (Å²) >= 11 is 0. The van der Waals surface area contributed by atoms with Crippen LogP contribution in [-0.2, 0) is 16.6 Å². The van der Waals surface area contributed by atoms with Crippen molar-refractivity contribution in [2.45, 2.75) is 63.1 Å². The van der Waals surface area contributed by atoms with Gasteiger partial charge in [-0.1, -0.05) is 6.07 Å². The van der Waals surface area contributed by atoms with Crippen molar-refractivity contribution in [3.05, 3.63) is 54.0 Å². The zero-order valence-corrected chi connectivity index (χ0v) is 21.0. The topological polar surface area (TPSA) is 69.6 Å². The lowest BCUT2D eigenvalue weighted by Crippen LogP contribution is -2.42. The summed E-state index contributed by atoms with van der Waals surface area (Å²) in [6, 6.07) is 7.76. The molecule has 0 bridgehead atoms. The zero-order valence-electron chi connectivity index (χ0n) is 21.0. The highest BCUT2D eigenvalue weighted by Gasteiger charge is 2.38. The third-order valence-electron chi connectivity index (χ3n) is 8.58. The van der Waals surface area contributed by atoms with Crippen molar-refractivity contribution in [2.75, 3.05) is 31.1 Å². The van der Waals surface area contributed by atoms with Crippen LogP contribution in [0.3, 0.4) is 0 Å². The molecule has 0 radical (unpaired) electrons. The minimum Gasteiger partial charge on any atom is -0.384 e. The van der Waals surface area contributed by atoms with Crippen LogP contribution in [0.15, 0.2) is 42.7 Å². The van der Waals surface area contributed by atoms with E-state index < -0.39 is 17.3 Å². The summed E-state index contributed by atoms with van der Waals surface area (Å²) in [6.45, 7) is 2.63. The number of alkyl halides is 3. The molecule has 3 fully saturated rings. The van der Waals surface area contributed by atoms with Crippen LogP contribution in [0.5, 0.6) is 0 Å². The number of hydrogen-bond donors (Lipinski definition) is 1. The maximum atomic E-state index is 13.2. The smallest absolute Gasteiger partial charge is 0.384 e. The monoisotopic (exact) mass is 516 g/mol. The van der Waals surface area contributed by atoms with Gasteiger partial charge in [0.15, 0.2) is 0 Å². The fraction of sp³-hybridized carbons (Fsp3) is 0.607. The molecule has 2 aromatic rings. The van der Waals surface area contributed by atoms with Crippen molar-refractivity contribution >= 4 is 11.7 Å². The van der Waals surface area contributed by atoms with Crippen LogP contribution in [0.2, 0.25) is 0 Å². The number of halogens is 3. The zero-order chi connectivity index (χ0) is 26.0. The molecule has 1 saturated carbocycles. The summed E-state index contributed by atoms with van der Waals surface area (Å²) in [6.07, 6.45) is 5.30. The van der Waals surface area contributed by atoms with Gasteiger partial charge in [-0.25, -0.2) is 4.98 Å². The highest BCUT2D eigenvalue weighted by molar-refractivity contribution is 5.79. The van der Waals surface area contributed by atoms with E-state index in [-0.39, 0.29) is 11.8 Å². The Bertz CT molecular complexity index is 1060. The lowest BCUT2D eigenvalue weighted by molar-refractivity contribution is -0.137. The second-order valence-electron chi connectivity index (χ2n) is 11.0. The number of carbonyl (C=O) groups is 1. The minimum atomic E-state index is -4.39. The van der Waals surface area contributed by atoms with Gasteiger partial charge in [0.05, 0.1) is 11.3 Å². The predicted octanol–water partition coefficient (Wildman–Crippen LogP) is 5.03. The molecule has 1 atom stereocenters. The molecule has 6 nitrogen and oxygen atoms in total. The number of anilines is 1.